The van der Waals surface area contributed by atoms with Crippen LogP contribution in [0.3, 0.4) is 0 Å². The van der Waals surface area contributed by atoms with E-state index >= 15 is 0 Å². The fourth-order valence-electron chi connectivity index (χ4n) is 9.13. The third-order valence-corrected chi connectivity index (χ3v) is 11.2. The van der Waals surface area contributed by atoms with Crippen LogP contribution in [-0.4, -0.2) is 52.5 Å². The first kappa shape index (κ1) is 22.7. The van der Waals surface area contributed by atoms with E-state index in [1.807, 2.05) is 19.9 Å². The van der Waals surface area contributed by atoms with Crippen LogP contribution in [0.4, 0.5) is 0 Å². The van der Waals surface area contributed by atoms with E-state index in [4.69, 9.17) is 9.47 Å². The molecule has 184 valence electrons. The molecule has 6 rings (SSSR count). The van der Waals surface area contributed by atoms with E-state index in [1.165, 1.54) is 0 Å². The molecule has 6 unspecified atom stereocenters. The quantitative estimate of drug-likeness (QED) is 0.454. The van der Waals surface area contributed by atoms with Crippen molar-refractivity contribution in [3.63, 3.8) is 0 Å². The molecule has 0 aromatic carbocycles. The number of rotatable bonds is 1. The van der Waals surface area contributed by atoms with Gasteiger partial charge in [-0.1, -0.05) is 25.7 Å². The molecular weight excluding hydrogens is 432 g/mol. The summed E-state index contributed by atoms with van der Waals surface area (Å²) in [6.07, 6.45) is 7.46. The molecule has 0 radical (unpaired) electrons. The monoisotopic (exact) mass is 468 g/mol. The van der Waals surface area contributed by atoms with Crippen molar-refractivity contribution in [2.75, 3.05) is 6.61 Å². The number of ketones is 1. The highest BCUT2D eigenvalue weighted by molar-refractivity contribution is 5.99. The van der Waals surface area contributed by atoms with Crippen molar-refractivity contribution in [3.05, 3.63) is 36.0 Å². The Morgan fingerprint density at radius 3 is 2.47 bits per heavy atom. The number of aliphatic hydroxyl groups is 2. The van der Waals surface area contributed by atoms with E-state index in [1.54, 1.807) is 12.2 Å². The summed E-state index contributed by atoms with van der Waals surface area (Å²) in [5, 5.41) is 22.8. The molecule has 6 aliphatic rings. The normalized spacial score (nSPS) is 54.0. The Morgan fingerprint density at radius 1 is 1.03 bits per heavy atom. The van der Waals surface area contributed by atoms with Crippen LogP contribution in [0.2, 0.25) is 0 Å². The Morgan fingerprint density at radius 2 is 1.74 bits per heavy atom. The second kappa shape index (κ2) is 7.14. The van der Waals surface area contributed by atoms with Crippen molar-refractivity contribution >= 4 is 11.8 Å². The maximum atomic E-state index is 13.2. The molecule has 2 N–H and O–H groups in total. The fourth-order valence-corrected chi connectivity index (χ4v) is 9.13. The van der Waals surface area contributed by atoms with Crippen LogP contribution in [0.1, 0.15) is 52.9 Å². The number of hydrogen-bond donors (Lipinski definition) is 2. The lowest BCUT2D eigenvalue weighted by Gasteiger charge is -2.60. The standard InChI is InChI=1S/C28H36O6/c1-14-25(32)34-22-12-26(14,2)33-13-16(22)18-9-8-17-15-10-21(29)19-6-5-7-23(30)28(19,4)20(15)11-24(31)27(17,18)3/h5-7,15-18,20-22,24,29,31H,1,8-13H2,2-4H3/t15?,16-,17?,18?,20?,21+,22+,24+,26+,27?,28?/m0/s1. The predicted octanol–water partition coefficient (Wildman–Crippen LogP) is 3.13. The lowest BCUT2D eigenvalue weighted by atomic mass is 9.45. The van der Waals surface area contributed by atoms with Crippen molar-refractivity contribution in [3.8, 4) is 0 Å². The van der Waals surface area contributed by atoms with E-state index in [9.17, 15) is 19.8 Å². The van der Waals surface area contributed by atoms with Gasteiger partial charge in [0.25, 0.3) is 0 Å². The lowest BCUT2D eigenvalue weighted by Crippen LogP contribution is -2.62. The molecule has 0 spiro atoms. The number of hydrogen-bond acceptors (Lipinski definition) is 6. The molecule has 4 aliphatic carbocycles. The molecule has 2 heterocycles. The van der Waals surface area contributed by atoms with Crippen LogP contribution in [0, 0.1) is 40.4 Å². The molecule has 3 saturated carbocycles. The zero-order valence-corrected chi connectivity index (χ0v) is 20.3. The maximum absolute atomic E-state index is 13.2. The second-order valence-corrected chi connectivity index (χ2v) is 12.3. The average Bonchev–Trinajstić information content (AvgIpc) is 3.14. The summed E-state index contributed by atoms with van der Waals surface area (Å²) in [4.78, 5) is 25.7. The highest BCUT2D eigenvalue weighted by Crippen LogP contribution is 2.67. The molecule has 5 fully saturated rings. The summed E-state index contributed by atoms with van der Waals surface area (Å²) in [5.41, 5.74) is -0.620. The summed E-state index contributed by atoms with van der Waals surface area (Å²) in [5.74, 6) is 0.191. The molecule has 0 aromatic heterocycles. The summed E-state index contributed by atoms with van der Waals surface area (Å²) < 4.78 is 12.1. The van der Waals surface area contributed by atoms with E-state index in [0.29, 0.717) is 31.4 Å². The second-order valence-electron chi connectivity index (χ2n) is 12.3. The number of esters is 1. The smallest absolute Gasteiger partial charge is 0.336 e. The van der Waals surface area contributed by atoms with Crippen LogP contribution >= 0.6 is 0 Å². The van der Waals surface area contributed by atoms with Gasteiger partial charge in [0.15, 0.2) is 5.78 Å². The van der Waals surface area contributed by atoms with Gasteiger partial charge in [-0.15, -0.1) is 0 Å². The third kappa shape index (κ3) is 2.68. The molecule has 6 heteroatoms. The van der Waals surface area contributed by atoms with Gasteiger partial charge < -0.3 is 19.7 Å². The zero-order valence-electron chi connectivity index (χ0n) is 20.3. The summed E-state index contributed by atoms with van der Waals surface area (Å²) in [7, 11) is 0. The van der Waals surface area contributed by atoms with Crippen LogP contribution in [0.15, 0.2) is 36.0 Å². The van der Waals surface area contributed by atoms with E-state index in [0.717, 1.165) is 18.4 Å². The van der Waals surface area contributed by atoms with Crippen LogP contribution in [0.5, 0.6) is 0 Å². The summed E-state index contributed by atoms with van der Waals surface area (Å²) in [6, 6.07) is 0. The zero-order chi connectivity index (χ0) is 24.2. The number of ether oxygens (including phenoxy) is 2. The van der Waals surface area contributed by atoms with Gasteiger partial charge in [0.2, 0.25) is 0 Å². The highest BCUT2D eigenvalue weighted by Gasteiger charge is 2.67. The molecule has 2 saturated heterocycles. The Labute approximate surface area is 201 Å². The molecule has 11 atom stereocenters. The van der Waals surface area contributed by atoms with E-state index in [-0.39, 0.29) is 52.9 Å². The minimum Gasteiger partial charge on any atom is -0.458 e. The predicted molar refractivity (Wildman–Crippen MR) is 124 cm³/mol. The Kier molecular flexibility index (Phi) is 4.77. The number of fused-ring (bicyclic) bond motifs is 7. The minimum absolute atomic E-state index is 0.00755. The van der Waals surface area contributed by atoms with Crippen molar-refractivity contribution in [2.24, 2.45) is 40.4 Å². The molecule has 0 amide bonds. The largest absolute Gasteiger partial charge is 0.458 e. The topological polar surface area (TPSA) is 93.1 Å². The third-order valence-electron chi connectivity index (χ3n) is 11.2. The number of allylic oxidation sites excluding steroid dienone is 3. The van der Waals surface area contributed by atoms with Crippen molar-refractivity contribution in [2.45, 2.75) is 76.8 Å². The first-order chi connectivity index (χ1) is 16.0. The van der Waals surface area contributed by atoms with Crippen molar-refractivity contribution in [1.29, 1.82) is 0 Å². The molecule has 6 nitrogen and oxygen atoms in total. The first-order valence-corrected chi connectivity index (χ1v) is 12.9. The van der Waals surface area contributed by atoms with Gasteiger partial charge >= 0.3 is 5.97 Å². The Balaban J connectivity index is 1.33. The Hall–Kier alpha value is -1.76. The minimum atomic E-state index is -0.757. The van der Waals surface area contributed by atoms with Gasteiger partial charge in [0, 0.05) is 12.3 Å². The SMILES string of the molecule is C=C1C(=O)O[C@@H]2C[C@@]1(C)OC[C@H]2C1CCC2C3C[C@@H](O)C4=CC=CC(=O)C4(C)C3C[C@@H](O)C21C. The summed E-state index contributed by atoms with van der Waals surface area (Å²) in [6.45, 7) is 10.5. The molecular formula is C28H36O6. The average molecular weight is 469 g/mol. The van der Waals surface area contributed by atoms with Gasteiger partial charge in [-0.3, -0.25) is 4.79 Å². The molecule has 2 aliphatic heterocycles. The van der Waals surface area contributed by atoms with Gasteiger partial charge in [0.05, 0.1) is 29.8 Å². The maximum Gasteiger partial charge on any atom is 0.336 e. The first-order valence-electron chi connectivity index (χ1n) is 12.9. The highest BCUT2D eigenvalue weighted by atomic mass is 16.6. The summed E-state index contributed by atoms with van der Waals surface area (Å²) >= 11 is 0. The van der Waals surface area contributed by atoms with Gasteiger partial charge in [-0.25, -0.2) is 4.79 Å². The molecule has 2 bridgehead atoms. The van der Waals surface area contributed by atoms with E-state index in [2.05, 4.69) is 13.5 Å². The Bertz CT molecular complexity index is 1030. The number of carbonyl (C=O) groups excluding carboxylic acids is 2. The van der Waals surface area contributed by atoms with Crippen molar-refractivity contribution < 1.29 is 29.3 Å². The van der Waals surface area contributed by atoms with Gasteiger partial charge in [0.1, 0.15) is 11.7 Å². The van der Waals surface area contributed by atoms with Crippen LogP contribution in [-0.2, 0) is 19.1 Å². The molecule has 34 heavy (non-hydrogen) atoms. The lowest BCUT2D eigenvalue weighted by molar-refractivity contribution is -0.209. The number of aliphatic hydroxyl groups excluding tert-OH is 2. The van der Waals surface area contributed by atoms with Crippen LogP contribution < -0.4 is 0 Å². The van der Waals surface area contributed by atoms with Crippen molar-refractivity contribution in [1.82, 2.24) is 0 Å². The van der Waals surface area contributed by atoms with E-state index < -0.39 is 23.2 Å². The van der Waals surface area contributed by atoms with Gasteiger partial charge in [-0.05, 0) is 80.3 Å². The molecule has 0 aromatic rings. The van der Waals surface area contributed by atoms with Crippen LogP contribution in [0.25, 0.3) is 0 Å². The number of carbonyl (C=O) groups is 2. The van der Waals surface area contributed by atoms with Gasteiger partial charge in [-0.2, -0.15) is 0 Å². The fraction of sp³-hybridized carbons (Fsp3) is 0.714.